The zero-order valence-corrected chi connectivity index (χ0v) is 13.9. The Morgan fingerprint density at radius 2 is 1.87 bits per heavy atom. The number of nitrogens with zero attached hydrogens (tertiary/aromatic N) is 1. The minimum absolute atomic E-state index is 0.0536. The summed E-state index contributed by atoms with van der Waals surface area (Å²) in [6, 6.07) is 8.39. The second-order valence-electron chi connectivity index (χ2n) is 6.77. The Labute approximate surface area is 138 Å². The van der Waals surface area contributed by atoms with Gasteiger partial charge in [-0.2, -0.15) is 0 Å². The highest BCUT2D eigenvalue weighted by Gasteiger charge is 2.35. The summed E-state index contributed by atoms with van der Waals surface area (Å²) < 4.78 is 0. The fraction of sp³-hybridized carbons (Fsp3) is 0.579. The van der Waals surface area contributed by atoms with Crippen LogP contribution in [0.4, 0.5) is 5.69 Å². The first-order valence-corrected chi connectivity index (χ1v) is 8.87. The predicted molar refractivity (Wildman–Crippen MR) is 91.3 cm³/mol. The molecule has 1 aromatic carbocycles. The number of rotatable bonds is 4. The fourth-order valence-electron chi connectivity index (χ4n) is 3.61. The van der Waals surface area contributed by atoms with Crippen molar-refractivity contribution in [3.63, 3.8) is 0 Å². The molecule has 0 unspecified atom stereocenters. The molecule has 1 aliphatic heterocycles. The number of hydrogen-bond donors (Lipinski definition) is 1. The molecule has 0 aromatic heterocycles. The molecule has 1 aromatic rings. The number of aryl methyl sites for hydroxylation is 1. The molecular formula is C19H26N2O2. The lowest BCUT2D eigenvalue weighted by molar-refractivity contribution is -0.127. The van der Waals surface area contributed by atoms with Crippen molar-refractivity contribution >= 4 is 17.5 Å². The van der Waals surface area contributed by atoms with Gasteiger partial charge in [-0.15, -0.1) is 0 Å². The SMILES string of the molecule is CCc1ccc(N2C[C@H](C(=O)NC3CCCCC3)CC2=O)cc1. The number of carbonyl (C=O) groups is 2. The summed E-state index contributed by atoms with van der Waals surface area (Å²) >= 11 is 0. The van der Waals surface area contributed by atoms with Gasteiger partial charge in [-0.1, -0.05) is 38.3 Å². The van der Waals surface area contributed by atoms with Gasteiger partial charge in [0.25, 0.3) is 0 Å². The Morgan fingerprint density at radius 1 is 1.17 bits per heavy atom. The summed E-state index contributed by atoms with van der Waals surface area (Å²) in [4.78, 5) is 26.5. The lowest BCUT2D eigenvalue weighted by atomic mass is 9.95. The highest BCUT2D eigenvalue weighted by atomic mass is 16.2. The number of amides is 2. The maximum Gasteiger partial charge on any atom is 0.227 e. The third-order valence-electron chi connectivity index (χ3n) is 5.10. The number of nitrogens with one attached hydrogen (secondary N) is 1. The number of carbonyl (C=O) groups excluding carboxylic acids is 2. The van der Waals surface area contributed by atoms with Crippen molar-refractivity contribution in [1.29, 1.82) is 0 Å². The van der Waals surface area contributed by atoms with Gasteiger partial charge >= 0.3 is 0 Å². The van der Waals surface area contributed by atoms with E-state index in [1.807, 2.05) is 12.1 Å². The molecular weight excluding hydrogens is 288 g/mol. The van der Waals surface area contributed by atoms with Crippen molar-refractivity contribution in [2.75, 3.05) is 11.4 Å². The Bertz CT molecular complexity index is 561. The van der Waals surface area contributed by atoms with Crippen molar-refractivity contribution in [2.45, 2.75) is 57.9 Å². The van der Waals surface area contributed by atoms with Crippen LogP contribution in [0.3, 0.4) is 0 Å². The summed E-state index contributed by atoms with van der Waals surface area (Å²) in [5.74, 6) is -0.105. The molecule has 0 spiro atoms. The first kappa shape index (κ1) is 16.0. The summed E-state index contributed by atoms with van der Waals surface area (Å²) in [5.41, 5.74) is 2.16. The van der Waals surface area contributed by atoms with Crippen LogP contribution in [0.2, 0.25) is 0 Å². The second kappa shape index (κ2) is 7.16. The molecule has 0 bridgehead atoms. The molecule has 2 amide bonds. The maximum absolute atomic E-state index is 12.4. The van der Waals surface area contributed by atoms with Crippen LogP contribution in [-0.4, -0.2) is 24.4 Å². The van der Waals surface area contributed by atoms with E-state index in [-0.39, 0.29) is 17.7 Å². The highest BCUT2D eigenvalue weighted by molar-refractivity contribution is 6.00. The third-order valence-corrected chi connectivity index (χ3v) is 5.10. The van der Waals surface area contributed by atoms with E-state index in [1.165, 1.54) is 24.8 Å². The molecule has 1 atom stereocenters. The minimum Gasteiger partial charge on any atom is -0.353 e. The Kier molecular flexibility index (Phi) is 4.99. The van der Waals surface area contributed by atoms with E-state index in [0.29, 0.717) is 19.0 Å². The summed E-state index contributed by atoms with van der Waals surface area (Å²) in [6.07, 6.45) is 7.14. The van der Waals surface area contributed by atoms with Crippen LogP contribution in [0.5, 0.6) is 0 Å². The quantitative estimate of drug-likeness (QED) is 0.928. The van der Waals surface area contributed by atoms with E-state index < -0.39 is 0 Å². The normalized spacial score (nSPS) is 22.4. The van der Waals surface area contributed by atoms with Gasteiger partial charge in [0.2, 0.25) is 11.8 Å². The lowest BCUT2D eigenvalue weighted by Crippen LogP contribution is -2.40. The summed E-state index contributed by atoms with van der Waals surface area (Å²) in [6.45, 7) is 2.62. The molecule has 3 rings (SSSR count). The molecule has 1 saturated heterocycles. The lowest BCUT2D eigenvalue weighted by Gasteiger charge is -2.24. The number of anilines is 1. The van der Waals surface area contributed by atoms with Gasteiger partial charge in [-0.05, 0) is 37.0 Å². The molecule has 23 heavy (non-hydrogen) atoms. The van der Waals surface area contributed by atoms with Gasteiger partial charge in [0.15, 0.2) is 0 Å². The van der Waals surface area contributed by atoms with Crippen molar-refractivity contribution in [2.24, 2.45) is 5.92 Å². The third kappa shape index (κ3) is 3.74. The largest absolute Gasteiger partial charge is 0.353 e. The van der Waals surface area contributed by atoms with Crippen LogP contribution in [-0.2, 0) is 16.0 Å². The van der Waals surface area contributed by atoms with E-state index in [4.69, 9.17) is 0 Å². The maximum atomic E-state index is 12.4. The summed E-state index contributed by atoms with van der Waals surface area (Å²) in [7, 11) is 0. The fourth-order valence-corrected chi connectivity index (χ4v) is 3.61. The smallest absolute Gasteiger partial charge is 0.227 e. The van der Waals surface area contributed by atoms with Crippen LogP contribution in [0.1, 0.15) is 51.0 Å². The first-order chi connectivity index (χ1) is 11.2. The molecule has 0 radical (unpaired) electrons. The molecule has 4 heteroatoms. The van der Waals surface area contributed by atoms with Crippen LogP contribution >= 0.6 is 0 Å². The van der Waals surface area contributed by atoms with Gasteiger partial charge in [0.1, 0.15) is 0 Å². The molecule has 4 nitrogen and oxygen atoms in total. The van der Waals surface area contributed by atoms with Crippen molar-refractivity contribution in [1.82, 2.24) is 5.32 Å². The van der Waals surface area contributed by atoms with Crippen LogP contribution < -0.4 is 10.2 Å². The Balaban J connectivity index is 1.60. The monoisotopic (exact) mass is 314 g/mol. The van der Waals surface area contributed by atoms with Crippen molar-refractivity contribution in [3.05, 3.63) is 29.8 Å². The number of benzene rings is 1. The topological polar surface area (TPSA) is 49.4 Å². The van der Waals surface area contributed by atoms with E-state index in [2.05, 4.69) is 24.4 Å². The minimum atomic E-state index is -0.213. The molecule has 1 heterocycles. The van der Waals surface area contributed by atoms with Gasteiger partial charge in [-0.3, -0.25) is 9.59 Å². The molecule has 1 N–H and O–H groups in total. The zero-order chi connectivity index (χ0) is 16.2. The van der Waals surface area contributed by atoms with Crippen molar-refractivity contribution in [3.8, 4) is 0 Å². The predicted octanol–water partition coefficient (Wildman–Crippen LogP) is 3.05. The van der Waals surface area contributed by atoms with Crippen molar-refractivity contribution < 1.29 is 9.59 Å². The molecule has 2 fully saturated rings. The Hall–Kier alpha value is -1.84. The average molecular weight is 314 g/mol. The molecule has 1 saturated carbocycles. The van der Waals surface area contributed by atoms with Crippen LogP contribution in [0.15, 0.2) is 24.3 Å². The van der Waals surface area contributed by atoms with Gasteiger partial charge in [0.05, 0.1) is 5.92 Å². The van der Waals surface area contributed by atoms with Gasteiger partial charge in [-0.25, -0.2) is 0 Å². The molecule has 1 aliphatic carbocycles. The van der Waals surface area contributed by atoms with E-state index in [0.717, 1.165) is 24.9 Å². The Morgan fingerprint density at radius 3 is 2.52 bits per heavy atom. The number of hydrogen-bond acceptors (Lipinski definition) is 2. The van der Waals surface area contributed by atoms with E-state index in [9.17, 15) is 9.59 Å². The van der Waals surface area contributed by atoms with Gasteiger partial charge < -0.3 is 10.2 Å². The first-order valence-electron chi connectivity index (χ1n) is 8.87. The van der Waals surface area contributed by atoms with Crippen LogP contribution in [0.25, 0.3) is 0 Å². The van der Waals surface area contributed by atoms with Gasteiger partial charge in [0, 0.05) is 24.7 Å². The second-order valence-corrected chi connectivity index (χ2v) is 6.77. The van der Waals surface area contributed by atoms with Crippen LogP contribution in [0, 0.1) is 5.92 Å². The molecule has 2 aliphatic rings. The highest BCUT2D eigenvalue weighted by Crippen LogP contribution is 2.26. The average Bonchev–Trinajstić information content (AvgIpc) is 2.98. The molecule has 124 valence electrons. The van der Waals surface area contributed by atoms with E-state index >= 15 is 0 Å². The van der Waals surface area contributed by atoms with E-state index in [1.54, 1.807) is 4.90 Å². The summed E-state index contributed by atoms with van der Waals surface area (Å²) in [5, 5.41) is 3.15. The zero-order valence-electron chi connectivity index (χ0n) is 13.9. The standard InChI is InChI=1S/C19H26N2O2/c1-2-14-8-10-17(11-9-14)21-13-15(12-18(21)22)19(23)20-16-6-4-3-5-7-16/h8-11,15-16H,2-7,12-13H2,1H3,(H,20,23)/t15-/m1/s1.